The van der Waals surface area contributed by atoms with E-state index in [9.17, 15) is 14.3 Å². The zero-order chi connectivity index (χ0) is 23.8. The van der Waals surface area contributed by atoms with Crippen molar-refractivity contribution in [2.24, 2.45) is 5.92 Å². The van der Waals surface area contributed by atoms with Gasteiger partial charge < -0.3 is 25.0 Å². The lowest BCUT2D eigenvalue weighted by Crippen LogP contribution is -2.48. The number of methoxy groups -OCH3 is 1. The summed E-state index contributed by atoms with van der Waals surface area (Å²) >= 11 is 0. The SMILES string of the molecule is COc1ccc(NC(=O)N2CC[C@H]3[C@@H]2c2cc(-c4cccc(F)c4)ccc2N(C)[C@H]3CO)cc1. The van der Waals surface area contributed by atoms with Crippen molar-refractivity contribution in [1.29, 1.82) is 0 Å². The average molecular weight is 462 g/mol. The van der Waals surface area contributed by atoms with Crippen LogP contribution in [0, 0.1) is 11.7 Å². The van der Waals surface area contributed by atoms with Gasteiger partial charge in [-0.05, 0) is 71.6 Å². The molecule has 34 heavy (non-hydrogen) atoms. The molecule has 0 radical (unpaired) electrons. The lowest BCUT2D eigenvalue weighted by molar-refractivity contribution is 0.168. The first-order chi connectivity index (χ1) is 16.5. The second-order valence-corrected chi connectivity index (χ2v) is 8.89. The van der Waals surface area contributed by atoms with Crippen LogP contribution in [-0.2, 0) is 0 Å². The summed E-state index contributed by atoms with van der Waals surface area (Å²) in [6.07, 6.45) is 0.792. The Labute approximate surface area is 198 Å². The summed E-state index contributed by atoms with van der Waals surface area (Å²) in [7, 11) is 3.59. The van der Waals surface area contributed by atoms with E-state index in [4.69, 9.17) is 4.74 Å². The molecule has 7 heteroatoms. The van der Waals surface area contributed by atoms with Crippen molar-refractivity contribution in [1.82, 2.24) is 4.90 Å². The van der Waals surface area contributed by atoms with Gasteiger partial charge in [-0.3, -0.25) is 0 Å². The molecule has 0 unspecified atom stereocenters. The first kappa shape index (κ1) is 22.2. The van der Waals surface area contributed by atoms with Crippen LogP contribution in [0.15, 0.2) is 66.7 Å². The van der Waals surface area contributed by atoms with Crippen molar-refractivity contribution >= 4 is 17.4 Å². The minimum Gasteiger partial charge on any atom is -0.497 e. The highest BCUT2D eigenvalue weighted by molar-refractivity contribution is 5.90. The molecule has 0 bridgehead atoms. The van der Waals surface area contributed by atoms with E-state index in [1.165, 1.54) is 12.1 Å². The predicted octanol–water partition coefficient (Wildman–Crippen LogP) is 4.91. The number of carbonyl (C=O) groups is 1. The largest absolute Gasteiger partial charge is 0.497 e. The van der Waals surface area contributed by atoms with Crippen LogP contribution in [0.3, 0.4) is 0 Å². The molecule has 2 amide bonds. The standard InChI is InChI=1S/C27H28FN3O3/c1-30-24-11-6-18(17-4-3-5-19(28)14-17)15-23(24)26-22(25(30)16-32)12-13-31(26)27(33)29-20-7-9-21(34-2)10-8-20/h3-11,14-15,22,25-26,32H,12-13,16H2,1-2H3,(H,29,33)/t22-,25+,26-/m1/s1. The second-order valence-electron chi connectivity index (χ2n) is 8.89. The lowest BCUT2D eigenvalue weighted by atomic mass is 9.81. The van der Waals surface area contributed by atoms with Crippen LogP contribution >= 0.6 is 0 Å². The molecule has 2 aliphatic heterocycles. The number of nitrogens with zero attached hydrogens (tertiary/aromatic N) is 2. The Kier molecular flexibility index (Phi) is 5.87. The van der Waals surface area contributed by atoms with Crippen molar-refractivity contribution in [2.45, 2.75) is 18.5 Å². The fourth-order valence-electron chi connectivity index (χ4n) is 5.40. The zero-order valence-corrected chi connectivity index (χ0v) is 19.2. The number of ether oxygens (including phenoxy) is 1. The Morgan fingerprint density at radius 3 is 2.59 bits per heavy atom. The smallest absolute Gasteiger partial charge is 0.322 e. The molecule has 2 N–H and O–H groups in total. The summed E-state index contributed by atoms with van der Waals surface area (Å²) in [5, 5.41) is 13.2. The number of halogens is 1. The molecule has 3 aromatic carbocycles. The number of carbonyl (C=O) groups excluding carboxylic acids is 1. The minimum atomic E-state index is -0.285. The molecule has 6 nitrogen and oxygen atoms in total. The van der Waals surface area contributed by atoms with Crippen LogP contribution in [-0.4, -0.2) is 49.4 Å². The third-order valence-electron chi connectivity index (χ3n) is 7.11. The molecule has 0 aliphatic carbocycles. The summed E-state index contributed by atoms with van der Waals surface area (Å²) in [5.74, 6) is 0.526. The number of nitrogens with one attached hydrogen (secondary N) is 1. The molecular weight excluding hydrogens is 433 g/mol. The summed E-state index contributed by atoms with van der Waals surface area (Å²) in [4.78, 5) is 17.3. The highest BCUT2D eigenvalue weighted by Gasteiger charge is 2.47. The first-order valence-corrected chi connectivity index (χ1v) is 11.5. The van der Waals surface area contributed by atoms with Crippen molar-refractivity contribution in [3.8, 4) is 16.9 Å². The number of aliphatic hydroxyl groups is 1. The van der Waals surface area contributed by atoms with Crippen LogP contribution in [0.2, 0.25) is 0 Å². The van der Waals surface area contributed by atoms with E-state index >= 15 is 0 Å². The molecular formula is C27H28FN3O3. The van der Waals surface area contributed by atoms with Crippen molar-refractivity contribution in [2.75, 3.05) is 37.5 Å². The predicted molar refractivity (Wildman–Crippen MR) is 131 cm³/mol. The monoisotopic (exact) mass is 461 g/mol. The Morgan fingerprint density at radius 2 is 1.88 bits per heavy atom. The van der Waals surface area contributed by atoms with Crippen LogP contribution in [0.1, 0.15) is 18.0 Å². The number of urea groups is 1. The Balaban J connectivity index is 1.51. The zero-order valence-electron chi connectivity index (χ0n) is 19.2. The van der Waals surface area contributed by atoms with Crippen molar-refractivity contribution < 1.29 is 19.0 Å². The van der Waals surface area contributed by atoms with Gasteiger partial charge in [-0.1, -0.05) is 18.2 Å². The fraction of sp³-hybridized carbons (Fsp3) is 0.296. The van der Waals surface area contributed by atoms with Crippen LogP contribution in [0.4, 0.5) is 20.6 Å². The van der Waals surface area contributed by atoms with E-state index in [2.05, 4.69) is 16.3 Å². The van der Waals surface area contributed by atoms with Gasteiger partial charge in [0.25, 0.3) is 0 Å². The highest BCUT2D eigenvalue weighted by Crippen LogP contribution is 2.49. The Morgan fingerprint density at radius 1 is 1.12 bits per heavy atom. The Bertz CT molecular complexity index is 1200. The molecule has 2 aliphatic rings. The van der Waals surface area contributed by atoms with Crippen molar-refractivity contribution in [3.63, 3.8) is 0 Å². The van der Waals surface area contributed by atoms with Crippen LogP contribution in [0.5, 0.6) is 5.75 Å². The van der Waals surface area contributed by atoms with E-state index in [-0.39, 0.29) is 36.5 Å². The summed E-state index contributed by atoms with van der Waals surface area (Å²) in [6.45, 7) is 0.599. The maximum absolute atomic E-state index is 13.9. The molecule has 0 aromatic heterocycles. The summed E-state index contributed by atoms with van der Waals surface area (Å²) in [6, 6.07) is 19.3. The molecule has 3 aromatic rings. The third kappa shape index (κ3) is 3.86. The molecule has 1 saturated heterocycles. The van der Waals surface area contributed by atoms with Gasteiger partial charge >= 0.3 is 6.03 Å². The molecule has 5 rings (SSSR count). The normalized spacial score (nSPS) is 21.1. The minimum absolute atomic E-state index is 0.0106. The van der Waals surface area contributed by atoms with Crippen molar-refractivity contribution in [3.05, 3.63) is 78.1 Å². The number of aliphatic hydroxyl groups excluding tert-OH is 1. The third-order valence-corrected chi connectivity index (χ3v) is 7.11. The van der Waals surface area contributed by atoms with Gasteiger partial charge in [0.05, 0.1) is 25.8 Å². The van der Waals surface area contributed by atoms with Gasteiger partial charge in [0.2, 0.25) is 0 Å². The molecule has 3 atom stereocenters. The van der Waals surface area contributed by atoms with Gasteiger partial charge in [-0.25, -0.2) is 9.18 Å². The topological polar surface area (TPSA) is 65.0 Å². The highest BCUT2D eigenvalue weighted by atomic mass is 19.1. The number of anilines is 2. The average Bonchev–Trinajstić information content (AvgIpc) is 3.30. The number of hydrogen-bond acceptors (Lipinski definition) is 4. The number of amides is 2. The van der Waals surface area contributed by atoms with Crippen LogP contribution < -0.4 is 15.0 Å². The van der Waals surface area contributed by atoms with E-state index in [0.717, 1.165) is 34.5 Å². The number of rotatable bonds is 4. The summed E-state index contributed by atoms with van der Waals surface area (Å²) < 4.78 is 19.1. The van der Waals surface area contributed by atoms with Crippen LogP contribution in [0.25, 0.3) is 11.1 Å². The lowest BCUT2D eigenvalue weighted by Gasteiger charge is -2.44. The molecule has 0 saturated carbocycles. The maximum Gasteiger partial charge on any atom is 0.322 e. The van der Waals surface area contributed by atoms with Gasteiger partial charge in [-0.2, -0.15) is 0 Å². The number of hydrogen-bond donors (Lipinski definition) is 2. The van der Waals surface area contributed by atoms with E-state index in [1.54, 1.807) is 25.3 Å². The Hall–Kier alpha value is -3.58. The van der Waals surface area contributed by atoms with Gasteiger partial charge in [0.15, 0.2) is 0 Å². The fourth-order valence-corrected chi connectivity index (χ4v) is 5.40. The number of likely N-dealkylation sites (N-methyl/N-ethyl adjacent to an activating group) is 1. The van der Waals surface area contributed by atoms with E-state index in [1.807, 2.05) is 42.3 Å². The quantitative estimate of drug-likeness (QED) is 0.580. The van der Waals surface area contributed by atoms with E-state index in [0.29, 0.717) is 12.2 Å². The molecule has 0 spiro atoms. The first-order valence-electron chi connectivity index (χ1n) is 11.5. The molecule has 176 valence electrons. The maximum atomic E-state index is 13.9. The summed E-state index contributed by atoms with van der Waals surface area (Å²) in [5.41, 5.74) is 4.37. The molecule has 2 heterocycles. The number of benzene rings is 3. The number of likely N-dealkylation sites (tertiary alicyclic amines) is 1. The van der Waals surface area contributed by atoms with E-state index < -0.39 is 0 Å². The number of fused-ring (bicyclic) bond motifs is 3. The van der Waals surface area contributed by atoms with Gasteiger partial charge in [0.1, 0.15) is 11.6 Å². The second kappa shape index (κ2) is 8.99. The molecule has 1 fully saturated rings. The van der Waals surface area contributed by atoms with Gasteiger partial charge in [0, 0.05) is 30.9 Å². The van der Waals surface area contributed by atoms with Gasteiger partial charge in [-0.15, -0.1) is 0 Å².